The van der Waals surface area contributed by atoms with Gasteiger partial charge in [0.2, 0.25) is 0 Å². The third-order valence-corrected chi connectivity index (χ3v) is 8.17. The predicted molar refractivity (Wildman–Crippen MR) is 155 cm³/mol. The Kier molecular flexibility index (Phi) is 8.19. The van der Waals surface area contributed by atoms with Gasteiger partial charge in [0.1, 0.15) is 18.1 Å². The molecule has 5 rings (SSSR count). The molecule has 2 aromatic carbocycles. The van der Waals surface area contributed by atoms with Crippen molar-refractivity contribution < 1.29 is 19.1 Å². The molecule has 7 nitrogen and oxygen atoms in total. The molecule has 40 heavy (non-hydrogen) atoms. The first-order chi connectivity index (χ1) is 19.4. The van der Waals surface area contributed by atoms with E-state index in [2.05, 4.69) is 23.2 Å². The van der Waals surface area contributed by atoms with E-state index in [0.29, 0.717) is 31.9 Å². The molecule has 1 aliphatic carbocycles. The van der Waals surface area contributed by atoms with Gasteiger partial charge < -0.3 is 19.3 Å². The number of hydrogen-bond donors (Lipinski definition) is 0. The number of amides is 2. The van der Waals surface area contributed by atoms with Crippen LogP contribution < -0.4 is 4.74 Å². The van der Waals surface area contributed by atoms with Crippen LogP contribution >= 0.6 is 0 Å². The van der Waals surface area contributed by atoms with Crippen molar-refractivity contribution in [3.8, 4) is 5.75 Å². The van der Waals surface area contributed by atoms with Gasteiger partial charge >= 0.3 is 6.09 Å². The van der Waals surface area contributed by atoms with Crippen LogP contribution in [0.4, 0.5) is 4.79 Å². The molecule has 0 radical (unpaired) electrons. The van der Waals surface area contributed by atoms with E-state index in [0.717, 1.165) is 47.3 Å². The van der Waals surface area contributed by atoms with Gasteiger partial charge in [0.05, 0.1) is 7.11 Å². The molecule has 1 aliphatic heterocycles. The maximum atomic E-state index is 12.8. The van der Waals surface area contributed by atoms with Crippen molar-refractivity contribution in [1.29, 1.82) is 0 Å². The minimum absolute atomic E-state index is 0.0563. The molecule has 2 heterocycles. The van der Waals surface area contributed by atoms with Crippen LogP contribution in [-0.2, 0) is 17.8 Å². The van der Waals surface area contributed by atoms with Gasteiger partial charge in [-0.3, -0.25) is 9.78 Å². The molecule has 2 amide bonds. The molecule has 1 aromatic heterocycles. The van der Waals surface area contributed by atoms with E-state index in [4.69, 9.17) is 9.47 Å². The summed E-state index contributed by atoms with van der Waals surface area (Å²) in [6, 6.07) is 19.8. The van der Waals surface area contributed by atoms with Crippen LogP contribution in [0.3, 0.4) is 0 Å². The second kappa shape index (κ2) is 11.9. The van der Waals surface area contributed by atoms with Gasteiger partial charge in [-0.05, 0) is 79.0 Å². The number of methoxy groups -OCH3 is 1. The Labute approximate surface area is 236 Å². The molecule has 1 fully saturated rings. The number of pyridine rings is 1. The topological polar surface area (TPSA) is 72.0 Å². The Morgan fingerprint density at radius 3 is 2.40 bits per heavy atom. The predicted octanol–water partition coefficient (Wildman–Crippen LogP) is 5.98. The standard InChI is InChI=1S/C33H37N3O4/c1-4-35(5-2)31(37)30-14-12-26(22-34-30)29-21-33(20-25-11-13-27(39-3)19-28(25)29)15-17-36(18-16-33)32(38)40-23-24-9-7-6-8-10-24/h6-14,19,21-22H,4-5,15-18,20,23H2,1-3H3. The highest BCUT2D eigenvalue weighted by Gasteiger charge is 2.38. The number of allylic oxidation sites excluding steroid dienone is 1. The number of carbonyl (C=O) groups excluding carboxylic acids is 2. The smallest absolute Gasteiger partial charge is 0.410 e. The third kappa shape index (κ3) is 5.74. The maximum Gasteiger partial charge on any atom is 0.410 e. The lowest BCUT2D eigenvalue weighted by atomic mass is 9.67. The highest BCUT2D eigenvalue weighted by molar-refractivity contribution is 5.93. The summed E-state index contributed by atoms with van der Waals surface area (Å²) in [4.78, 5) is 33.8. The minimum Gasteiger partial charge on any atom is -0.497 e. The quantitative estimate of drug-likeness (QED) is 0.369. The summed E-state index contributed by atoms with van der Waals surface area (Å²) in [7, 11) is 1.68. The van der Waals surface area contributed by atoms with Crippen LogP contribution in [0.15, 0.2) is 72.9 Å². The van der Waals surface area contributed by atoms with E-state index in [9.17, 15) is 9.59 Å². The SMILES string of the molecule is CCN(CC)C(=O)c1ccc(C2=CC3(CCN(C(=O)OCc4ccccc4)CC3)Cc3ccc(OC)cc32)cn1. The summed E-state index contributed by atoms with van der Waals surface area (Å²) in [6.45, 7) is 6.80. The molecular formula is C33H37N3O4. The number of carbonyl (C=O) groups is 2. The van der Waals surface area contributed by atoms with Gasteiger partial charge in [-0.15, -0.1) is 0 Å². The number of ether oxygens (including phenoxy) is 2. The zero-order valence-electron chi connectivity index (χ0n) is 23.6. The molecule has 0 saturated carbocycles. The fourth-order valence-electron chi connectivity index (χ4n) is 5.76. The van der Waals surface area contributed by atoms with Crippen LogP contribution in [0.5, 0.6) is 5.75 Å². The summed E-state index contributed by atoms with van der Waals surface area (Å²) in [5, 5.41) is 0. The highest BCUT2D eigenvalue weighted by Crippen LogP contribution is 2.46. The molecule has 0 unspecified atom stereocenters. The second-order valence-electron chi connectivity index (χ2n) is 10.6. The van der Waals surface area contributed by atoms with E-state index < -0.39 is 0 Å². The largest absolute Gasteiger partial charge is 0.497 e. The monoisotopic (exact) mass is 539 g/mol. The van der Waals surface area contributed by atoms with Crippen molar-refractivity contribution in [2.45, 2.75) is 39.7 Å². The number of aromatic nitrogens is 1. The lowest BCUT2D eigenvalue weighted by Gasteiger charge is -2.43. The molecule has 0 N–H and O–H groups in total. The molecule has 208 valence electrons. The first-order valence-electron chi connectivity index (χ1n) is 14.1. The van der Waals surface area contributed by atoms with E-state index in [-0.39, 0.29) is 24.0 Å². The molecule has 2 aliphatic rings. The molecule has 0 bridgehead atoms. The van der Waals surface area contributed by atoms with Gasteiger partial charge in [-0.1, -0.05) is 48.5 Å². The van der Waals surface area contributed by atoms with Crippen LogP contribution in [0.25, 0.3) is 5.57 Å². The molecule has 7 heteroatoms. The summed E-state index contributed by atoms with van der Waals surface area (Å²) < 4.78 is 11.1. The van der Waals surface area contributed by atoms with Gasteiger partial charge in [-0.2, -0.15) is 0 Å². The van der Waals surface area contributed by atoms with Crippen molar-refractivity contribution in [1.82, 2.24) is 14.8 Å². The Morgan fingerprint density at radius 1 is 1.00 bits per heavy atom. The normalized spacial score (nSPS) is 15.7. The van der Waals surface area contributed by atoms with Crippen molar-refractivity contribution in [3.63, 3.8) is 0 Å². The summed E-state index contributed by atoms with van der Waals surface area (Å²) in [5.74, 6) is 0.747. The number of rotatable bonds is 7. The van der Waals surface area contributed by atoms with Crippen molar-refractivity contribution in [2.24, 2.45) is 5.41 Å². The average molecular weight is 540 g/mol. The number of nitrogens with zero attached hydrogens (tertiary/aromatic N) is 3. The van der Waals surface area contributed by atoms with Crippen molar-refractivity contribution in [3.05, 3.63) is 101 Å². The van der Waals surface area contributed by atoms with E-state index >= 15 is 0 Å². The van der Waals surface area contributed by atoms with Crippen molar-refractivity contribution >= 4 is 17.6 Å². The minimum atomic E-state index is -0.262. The Balaban J connectivity index is 1.37. The van der Waals surface area contributed by atoms with E-state index in [1.807, 2.05) is 67.3 Å². The van der Waals surface area contributed by atoms with Crippen molar-refractivity contribution in [2.75, 3.05) is 33.3 Å². The number of hydrogen-bond acceptors (Lipinski definition) is 5. The Hall–Kier alpha value is -4.13. The number of likely N-dealkylation sites (tertiary alicyclic amines) is 1. The lowest BCUT2D eigenvalue weighted by molar-refractivity contribution is 0.0721. The second-order valence-corrected chi connectivity index (χ2v) is 10.6. The van der Waals surface area contributed by atoms with Crippen LogP contribution in [0.2, 0.25) is 0 Å². The summed E-state index contributed by atoms with van der Waals surface area (Å²) >= 11 is 0. The molecule has 0 atom stereocenters. The van der Waals surface area contributed by atoms with Gasteiger partial charge in [0, 0.05) is 37.9 Å². The number of piperidine rings is 1. The maximum absolute atomic E-state index is 12.8. The summed E-state index contributed by atoms with van der Waals surface area (Å²) in [6.07, 6.45) is 6.49. The van der Waals surface area contributed by atoms with Gasteiger partial charge in [0.25, 0.3) is 5.91 Å². The molecule has 1 spiro atoms. The molecule has 3 aromatic rings. The van der Waals surface area contributed by atoms with Gasteiger partial charge in [-0.25, -0.2) is 4.79 Å². The average Bonchev–Trinajstić information content (AvgIpc) is 3.01. The zero-order valence-corrected chi connectivity index (χ0v) is 23.6. The van der Waals surface area contributed by atoms with Crippen LogP contribution in [-0.4, -0.2) is 60.1 Å². The first kappa shape index (κ1) is 27.4. The van der Waals surface area contributed by atoms with E-state index in [1.165, 1.54) is 5.56 Å². The summed E-state index contributed by atoms with van der Waals surface area (Å²) in [5.41, 5.74) is 5.79. The zero-order chi connectivity index (χ0) is 28.1. The van der Waals surface area contributed by atoms with Crippen LogP contribution in [0, 0.1) is 5.41 Å². The third-order valence-electron chi connectivity index (χ3n) is 8.17. The number of fused-ring (bicyclic) bond motifs is 1. The van der Waals surface area contributed by atoms with E-state index in [1.54, 1.807) is 18.2 Å². The lowest BCUT2D eigenvalue weighted by Crippen LogP contribution is -2.44. The fraction of sp³-hybridized carbons (Fsp3) is 0.364. The first-order valence-corrected chi connectivity index (χ1v) is 14.1. The fourth-order valence-corrected chi connectivity index (χ4v) is 5.76. The Morgan fingerprint density at radius 2 is 1.75 bits per heavy atom. The van der Waals surface area contributed by atoms with Crippen LogP contribution in [0.1, 0.15) is 59.4 Å². The highest BCUT2D eigenvalue weighted by atomic mass is 16.6. The Bertz CT molecular complexity index is 1370. The number of benzene rings is 2. The molecule has 1 saturated heterocycles. The molecular weight excluding hydrogens is 502 g/mol. The van der Waals surface area contributed by atoms with Gasteiger partial charge in [0.15, 0.2) is 0 Å².